The second-order valence-electron chi connectivity index (χ2n) is 8.09. The van der Waals surface area contributed by atoms with E-state index in [2.05, 4.69) is 20.7 Å². The van der Waals surface area contributed by atoms with E-state index in [0.717, 1.165) is 0 Å². The standard InChI is InChI=1S/C26H20ClF2N5OS/c1-15-22(24(35)31-18-6-3-2-4-7-18)23(16-10-12-17(28)13-11-16)34-25(30-15)32-26(33-34)36-14-19-20(27)8-5-9-21(19)29/h2-13,23H,14H2,1H3,(H,31,35)(H,30,32,33). The Kier molecular flexibility index (Phi) is 6.75. The Bertz CT molecular complexity index is 1440. The van der Waals surface area contributed by atoms with Gasteiger partial charge >= 0.3 is 0 Å². The molecule has 2 heterocycles. The maximum atomic E-state index is 14.2. The van der Waals surface area contributed by atoms with Gasteiger partial charge in [0, 0.05) is 27.7 Å². The first-order valence-corrected chi connectivity index (χ1v) is 12.4. The molecule has 4 aromatic rings. The molecule has 3 aromatic carbocycles. The van der Waals surface area contributed by atoms with Crippen LogP contribution in [0.25, 0.3) is 0 Å². The highest BCUT2D eigenvalue weighted by molar-refractivity contribution is 7.98. The Morgan fingerprint density at radius 1 is 1.08 bits per heavy atom. The highest BCUT2D eigenvalue weighted by Gasteiger charge is 2.34. The first kappa shape index (κ1) is 24.0. The Labute approximate surface area is 215 Å². The quantitative estimate of drug-likeness (QED) is 0.285. The molecule has 0 aliphatic carbocycles. The normalized spacial score (nSPS) is 14.8. The summed E-state index contributed by atoms with van der Waals surface area (Å²) in [5.41, 5.74) is 2.67. The van der Waals surface area contributed by atoms with Crippen molar-refractivity contribution < 1.29 is 13.6 Å². The van der Waals surface area contributed by atoms with Gasteiger partial charge in [0.2, 0.25) is 11.1 Å². The molecule has 0 radical (unpaired) electrons. The van der Waals surface area contributed by atoms with E-state index in [0.29, 0.717) is 44.2 Å². The van der Waals surface area contributed by atoms with Crippen LogP contribution in [-0.4, -0.2) is 20.7 Å². The van der Waals surface area contributed by atoms with Crippen LogP contribution in [0.5, 0.6) is 0 Å². The van der Waals surface area contributed by atoms with E-state index in [-0.39, 0.29) is 17.5 Å². The van der Waals surface area contributed by atoms with Gasteiger partial charge in [0.05, 0.1) is 5.57 Å². The number of rotatable bonds is 6. The summed E-state index contributed by atoms with van der Waals surface area (Å²) in [5.74, 6) is -0.474. The van der Waals surface area contributed by atoms with Crippen LogP contribution in [0.1, 0.15) is 24.1 Å². The van der Waals surface area contributed by atoms with Crippen molar-refractivity contribution >= 4 is 40.9 Å². The van der Waals surface area contributed by atoms with Crippen molar-refractivity contribution in [2.75, 3.05) is 10.6 Å². The number of fused-ring (bicyclic) bond motifs is 1. The number of thioether (sulfide) groups is 1. The number of aromatic nitrogens is 3. The zero-order valence-electron chi connectivity index (χ0n) is 19.0. The van der Waals surface area contributed by atoms with Crippen LogP contribution in [-0.2, 0) is 10.5 Å². The van der Waals surface area contributed by atoms with Gasteiger partial charge in [0.1, 0.15) is 17.7 Å². The number of carbonyl (C=O) groups is 1. The lowest BCUT2D eigenvalue weighted by atomic mass is 9.95. The lowest BCUT2D eigenvalue weighted by molar-refractivity contribution is -0.113. The Hall–Kier alpha value is -3.69. The van der Waals surface area contributed by atoms with Crippen molar-refractivity contribution in [2.45, 2.75) is 23.9 Å². The zero-order valence-corrected chi connectivity index (χ0v) is 20.6. The van der Waals surface area contributed by atoms with Crippen molar-refractivity contribution in [3.63, 3.8) is 0 Å². The second-order valence-corrected chi connectivity index (χ2v) is 9.44. The molecule has 2 N–H and O–H groups in total. The number of amides is 1. The molecule has 1 unspecified atom stereocenters. The number of para-hydroxylation sites is 1. The number of nitrogens with zero attached hydrogens (tertiary/aromatic N) is 3. The van der Waals surface area contributed by atoms with E-state index in [1.165, 1.54) is 30.0 Å². The number of halogens is 3. The molecular weight excluding hydrogens is 504 g/mol. The molecule has 36 heavy (non-hydrogen) atoms. The summed E-state index contributed by atoms with van der Waals surface area (Å²) in [4.78, 5) is 18.0. The third kappa shape index (κ3) is 4.84. The number of carbonyl (C=O) groups excluding carboxylic acids is 1. The highest BCUT2D eigenvalue weighted by Crippen LogP contribution is 2.37. The predicted molar refractivity (Wildman–Crippen MR) is 137 cm³/mol. The van der Waals surface area contributed by atoms with Crippen molar-refractivity contribution in [1.29, 1.82) is 0 Å². The summed E-state index contributed by atoms with van der Waals surface area (Å²) < 4.78 is 29.5. The number of anilines is 2. The van der Waals surface area contributed by atoms with Crippen molar-refractivity contribution in [3.05, 3.63) is 112 Å². The molecule has 0 fully saturated rings. The van der Waals surface area contributed by atoms with Gasteiger partial charge in [-0.3, -0.25) is 4.79 Å². The van der Waals surface area contributed by atoms with Gasteiger partial charge in [-0.05, 0) is 48.9 Å². The molecule has 0 saturated heterocycles. The molecule has 5 rings (SSSR count). The van der Waals surface area contributed by atoms with Crippen molar-refractivity contribution in [2.24, 2.45) is 0 Å². The summed E-state index contributed by atoms with van der Waals surface area (Å²) in [5, 5.41) is 11.4. The van der Waals surface area contributed by atoms with Gasteiger partial charge in [0.15, 0.2) is 0 Å². The van der Waals surface area contributed by atoms with E-state index >= 15 is 0 Å². The summed E-state index contributed by atoms with van der Waals surface area (Å²) in [7, 11) is 0. The molecule has 0 saturated carbocycles. The largest absolute Gasteiger partial charge is 0.328 e. The molecule has 1 amide bonds. The third-order valence-electron chi connectivity index (χ3n) is 5.70. The van der Waals surface area contributed by atoms with Crippen LogP contribution >= 0.6 is 23.4 Å². The summed E-state index contributed by atoms with van der Waals surface area (Å²) in [6, 6.07) is 18.9. The van der Waals surface area contributed by atoms with Gasteiger partial charge in [-0.25, -0.2) is 13.5 Å². The minimum Gasteiger partial charge on any atom is -0.328 e. The van der Waals surface area contributed by atoms with E-state index in [1.54, 1.807) is 48.0 Å². The van der Waals surface area contributed by atoms with Crippen molar-refractivity contribution in [3.8, 4) is 0 Å². The lowest BCUT2D eigenvalue weighted by Gasteiger charge is -2.28. The summed E-state index contributed by atoms with van der Waals surface area (Å²) in [6.45, 7) is 1.78. The fraction of sp³-hybridized carbons (Fsp3) is 0.115. The minimum absolute atomic E-state index is 0.226. The Balaban J connectivity index is 1.49. The molecule has 182 valence electrons. The average Bonchev–Trinajstić information content (AvgIpc) is 3.26. The molecule has 6 nitrogen and oxygen atoms in total. The van der Waals surface area contributed by atoms with Crippen molar-refractivity contribution in [1.82, 2.24) is 14.8 Å². The first-order valence-electron chi connectivity index (χ1n) is 11.0. The van der Waals surface area contributed by atoms with Crippen LogP contribution in [0.3, 0.4) is 0 Å². The SMILES string of the molecule is CC1=C(C(=O)Nc2ccccc2)C(c2ccc(F)cc2)n2nc(SCc3c(F)cccc3Cl)nc2N1. The van der Waals surface area contributed by atoms with E-state index in [1.807, 2.05) is 18.2 Å². The van der Waals surface area contributed by atoms with Crippen LogP contribution in [0.4, 0.5) is 20.4 Å². The van der Waals surface area contributed by atoms with Gasteiger partial charge < -0.3 is 10.6 Å². The number of hydrogen-bond acceptors (Lipinski definition) is 5. The molecular formula is C26H20ClF2N5OS. The first-order chi connectivity index (χ1) is 17.4. The number of allylic oxidation sites excluding steroid dienone is 1. The van der Waals surface area contributed by atoms with Gasteiger partial charge in [-0.2, -0.15) is 4.98 Å². The molecule has 1 aliphatic rings. The third-order valence-corrected chi connectivity index (χ3v) is 6.92. The van der Waals surface area contributed by atoms with E-state index in [9.17, 15) is 13.6 Å². The fourth-order valence-corrected chi connectivity index (χ4v) is 5.14. The fourth-order valence-electron chi connectivity index (χ4n) is 3.97. The summed E-state index contributed by atoms with van der Waals surface area (Å²) in [6.07, 6.45) is 0. The van der Waals surface area contributed by atoms with E-state index < -0.39 is 11.9 Å². The molecule has 1 aromatic heterocycles. The number of benzene rings is 3. The highest BCUT2D eigenvalue weighted by atomic mass is 35.5. The molecule has 1 atom stereocenters. The molecule has 0 bridgehead atoms. The molecule has 1 aliphatic heterocycles. The van der Waals surface area contributed by atoms with E-state index in [4.69, 9.17) is 11.6 Å². The summed E-state index contributed by atoms with van der Waals surface area (Å²) >= 11 is 7.38. The van der Waals surface area contributed by atoms with Crippen LogP contribution < -0.4 is 10.6 Å². The van der Waals surface area contributed by atoms with Crippen LogP contribution in [0.2, 0.25) is 5.02 Å². The maximum Gasteiger partial charge on any atom is 0.255 e. The number of nitrogens with one attached hydrogen (secondary N) is 2. The average molecular weight is 524 g/mol. The maximum absolute atomic E-state index is 14.2. The van der Waals surface area contributed by atoms with Gasteiger partial charge in [-0.15, -0.1) is 5.10 Å². The van der Waals surface area contributed by atoms with Gasteiger partial charge in [-0.1, -0.05) is 59.8 Å². The topological polar surface area (TPSA) is 71.8 Å². The zero-order chi connectivity index (χ0) is 25.2. The molecule has 10 heteroatoms. The van der Waals surface area contributed by atoms with Gasteiger partial charge in [0.25, 0.3) is 5.91 Å². The number of hydrogen-bond donors (Lipinski definition) is 2. The smallest absolute Gasteiger partial charge is 0.255 e. The van der Waals surface area contributed by atoms with Crippen LogP contribution in [0, 0.1) is 11.6 Å². The second kappa shape index (κ2) is 10.1. The Morgan fingerprint density at radius 3 is 2.56 bits per heavy atom. The molecule has 0 spiro atoms. The predicted octanol–water partition coefficient (Wildman–Crippen LogP) is 6.43. The minimum atomic E-state index is -0.663. The monoisotopic (exact) mass is 523 g/mol. The lowest BCUT2D eigenvalue weighted by Crippen LogP contribution is -2.31. The Morgan fingerprint density at radius 2 is 1.83 bits per heavy atom. The van der Waals surface area contributed by atoms with Crippen LogP contribution in [0.15, 0.2) is 89.2 Å².